The second-order valence-corrected chi connectivity index (χ2v) is 5.38. The molecule has 0 spiro atoms. The first-order valence-electron chi connectivity index (χ1n) is 6.61. The van der Waals surface area contributed by atoms with Gasteiger partial charge in [0.2, 0.25) is 11.7 Å². The fraction of sp³-hybridized carbons (Fsp3) is 0.125. The molecule has 1 aromatic heterocycles. The largest absolute Gasteiger partial charge is 0.454 e. The number of ketones is 1. The van der Waals surface area contributed by atoms with Crippen LogP contribution in [0.1, 0.15) is 26.5 Å². The van der Waals surface area contributed by atoms with E-state index in [0.717, 1.165) is 0 Å². The lowest BCUT2D eigenvalue weighted by molar-refractivity contribution is -0.115. The molecule has 0 atom stereocenters. The number of amides is 1. The Morgan fingerprint density at radius 3 is 2.52 bits per heavy atom. The minimum absolute atomic E-state index is 0.241. The standard InChI is InChI=1S/C16H12N2O4S/c17-8-7-15(20)18-12-5-3-11(4-6-12)16(21)22-10-13(19)14-2-1-9-23-14/h1-6,9H,7,10H2,(H,18,20). The smallest absolute Gasteiger partial charge is 0.338 e. The van der Waals surface area contributed by atoms with Crippen LogP contribution in [0.2, 0.25) is 0 Å². The highest BCUT2D eigenvalue weighted by Crippen LogP contribution is 2.12. The van der Waals surface area contributed by atoms with Gasteiger partial charge in [0.15, 0.2) is 6.61 Å². The van der Waals surface area contributed by atoms with E-state index >= 15 is 0 Å². The molecule has 2 rings (SSSR count). The summed E-state index contributed by atoms with van der Waals surface area (Å²) in [4.78, 5) is 35.4. The monoisotopic (exact) mass is 328 g/mol. The molecule has 0 aliphatic rings. The number of ether oxygens (including phenoxy) is 1. The molecule has 0 radical (unpaired) electrons. The molecule has 7 heteroatoms. The zero-order chi connectivity index (χ0) is 16.7. The minimum atomic E-state index is -0.621. The van der Waals surface area contributed by atoms with Crippen molar-refractivity contribution in [3.8, 4) is 6.07 Å². The van der Waals surface area contributed by atoms with E-state index in [1.807, 2.05) is 0 Å². The van der Waals surface area contributed by atoms with Crippen molar-refractivity contribution in [1.82, 2.24) is 0 Å². The molecular weight excluding hydrogens is 316 g/mol. The SMILES string of the molecule is N#CCC(=O)Nc1ccc(C(=O)OCC(=O)c2cccs2)cc1. The summed E-state index contributed by atoms with van der Waals surface area (Å²) < 4.78 is 4.96. The highest BCUT2D eigenvalue weighted by Gasteiger charge is 2.12. The maximum Gasteiger partial charge on any atom is 0.338 e. The summed E-state index contributed by atoms with van der Waals surface area (Å²) in [5.41, 5.74) is 0.735. The number of benzene rings is 1. The number of nitrogens with one attached hydrogen (secondary N) is 1. The molecule has 6 nitrogen and oxygen atoms in total. The van der Waals surface area contributed by atoms with Gasteiger partial charge in [-0.2, -0.15) is 5.26 Å². The fourth-order valence-corrected chi connectivity index (χ4v) is 2.34. The van der Waals surface area contributed by atoms with Crippen molar-refractivity contribution in [1.29, 1.82) is 5.26 Å². The lowest BCUT2D eigenvalue weighted by Gasteiger charge is -2.05. The van der Waals surface area contributed by atoms with E-state index in [2.05, 4.69) is 5.32 Å². The van der Waals surface area contributed by atoms with Crippen LogP contribution in [-0.2, 0) is 9.53 Å². The van der Waals surface area contributed by atoms with Gasteiger partial charge in [-0.05, 0) is 35.7 Å². The fourth-order valence-electron chi connectivity index (χ4n) is 1.69. The lowest BCUT2D eigenvalue weighted by Crippen LogP contribution is -2.14. The Morgan fingerprint density at radius 1 is 1.17 bits per heavy atom. The van der Waals surface area contributed by atoms with Crippen LogP contribution in [0.25, 0.3) is 0 Å². The van der Waals surface area contributed by atoms with Crippen LogP contribution in [-0.4, -0.2) is 24.3 Å². The molecule has 0 aliphatic heterocycles. The van der Waals surface area contributed by atoms with Crippen molar-refractivity contribution < 1.29 is 19.1 Å². The van der Waals surface area contributed by atoms with Gasteiger partial charge in [-0.1, -0.05) is 6.07 Å². The number of hydrogen-bond acceptors (Lipinski definition) is 6. The Labute approximate surface area is 136 Å². The molecule has 0 unspecified atom stereocenters. The molecule has 0 aliphatic carbocycles. The van der Waals surface area contributed by atoms with Gasteiger partial charge in [-0.25, -0.2) is 4.79 Å². The quantitative estimate of drug-likeness (QED) is 0.649. The molecule has 0 saturated carbocycles. The highest BCUT2D eigenvalue weighted by molar-refractivity contribution is 7.12. The summed E-state index contributed by atoms with van der Waals surface area (Å²) in [6.07, 6.45) is -0.241. The molecule has 0 saturated heterocycles. The van der Waals surface area contributed by atoms with E-state index in [0.29, 0.717) is 10.6 Å². The summed E-state index contributed by atoms with van der Waals surface area (Å²) in [5, 5.41) is 12.7. The summed E-state index contributed by atoms with van der Waals surface area (Å²) >= 11 is 1.29. The summed E-state index contributed by atoms with van der Waals surface area (Å²) in [6.45, 7) is -0.319. The summed E-state index contributed by atoms with van der Waals surface area (Å²) in [5.74, 6) is -1.30. The van der Waals surface area contributed by atoms with Crippen molar-refractivity contribution in [2.75, 3.05) is 11.9 Å². The lowest BCUT2D eigenvalue weighted by atomic mass is 10.2. The second-order valence-electron chi connectivity index (χ2n) is 4.44. The van der Waals surface area contributed by atoms with Crippen molar-refractivity contribution in [3.63, 3.8) is 0 Å². The first-order chi connectivity index (χ1) is 11.1. The Morgan fingerprint density at radius 2 is 1.91 bits per heavy atom. The number of Topliss-reactive ketones (excluding diaryl/α,β-unsaturated/α-hetero) is 1. The number of nitriles is 1. The molecule has 1 heterocycles. The second kappa shape index (κ2) is 7.87. The number of nitrogens with zero attached hydrogens (tertiary/aromatic N) is 1. The Bertz CT molecular complexity index is 745. The van der Waals surface area contributed by atoms with Gasteiger partial charge in [0, 0.05) is 5.69 Å². The third-order valence-corrected chi connectivity index (χ3v) is 3.69. The molecule has 1 N–H and O–H groups in total. The van der Waals surface area contributed by atoms with Crippen LogP contribution in [0.15, 0.2) is 41.8 Å². The highest BCUT2D eigenvalue weighted by atomic mass is 32.1. The van der Waals surface area contributed by atoms with Gasteiger partial charge in [-0.15, -0.1) is 11.3 Å². The van der Waals surface area contributed by atoms with Crippen LogP contribution >= 0.6 is 11.3 Å². The minimum Gasteiger partial charge on any atom is -0.454 e. The van der Waals surface area contributed by atoms with Crippen molar-refractivity contribution in [2.24, 2.45) is 0 Å². The van der Waals surface area contributed by atoms with E-state index in [-0.39, 0.29) is 24.4 Å². The Hall–Kier alpha value is -2.98. The third-order valence-electron chi connectivity index (χ3n) is 2.77. The number of thiophene rings is 1. The van der Waals surface area contributed by atoms with Crippen molar-refractivity contribution in [3.05, 3.63) is 52.2 Å². The van der Waals surface area contributed by atoms with E-state index < -0.39 is 11.9 Å². The zero-order valence-corrected chi connectivity index (χ0v) is 12.8. The van der Waals surface area contributed by atoms with Gasteiger partial charge in [-0.3, -0.25) is 9.59 Å². The van der Waals surface area contributed by atoms with Crippen LogP contribution < -0.4 is 5.32 Å². The van der Waals surface area contributed by atoms with Gasteiger partial charge in [0.25, 0.3) is 0 Å². The Balaban J connectivity index is 1.89. The van der Waals surface area contributed by atoms with Crippen LogP contribution in [0, 0.1) is 11.3 Å². The predicted molar refractivity (Wildman–Crippen MR) is 84.2 cm³/mol. The topological polar surface area (TPSA) is 96.3 Å². The number of carbonyl (C=O) groups is 3. The Kier molecular flexibility index (Phi) is 5.61. The van der Waals surface area contributed by atoms with Gasteiger partial charge in [0.1, 0.15) is 6.42 Å². The first-order valence-corrected chi connectivity index (χ1v) is 7.49. The maximum absolute atomic E-state index is 11.9. The third kappa shape index (κ3) is 4.76. The number of anilines is 1. The summed E-state index contributed by atoms with van der Waals surface area (Å²) in [7, 11) is 0. The number of hydrogen-bond donors (Lipinski definition) is 1. The van der Waals surface area contributed by atoms with Crippen LogP contribution in [0.5, 0.6) is 0 Å². The van der Waals surface area contributed by atoms with E-state index in [9.17, 15) is 14.4 Å². The number of rotatable bonds is 6. The molecule has 23 heavy (non-hydrogen) atoms. The van der Waals surface area contributed by atoms with Crippen molar-refractivity contribution in [2.45, 2.75) is 6.42 Å². The number of carbonyl (C=O) groups excluding carboxylic acids is 3. The van der Waals surface area contributed by atoms with E-state index in [1.165, 1.54) is 35.6 Å². The molecular formula is C16H12N2O4S. The average Bonchev–Trinajstić information content (AvgIpc) is 3.07. The van der Waals surface area contributed by atoms with Crippen molar-refractivity contribution >= 4 is 34.7 Å². The zero-order valence-electron chi connectivity index (χ0n) is 11.9. The molecule has 1 aromatic carbocycles. The van der Waals surface area contributed by atoms with Crippen LogP contribution in [0.4, 0.5) is 5.69 Å². The molecule has 2 aromatic rings. The number of esters is 1. The molecule has 0 bridgehead atoms. The van der Waals surface area contributed by atoms with Gasteiger partial charge in [0.05, 0.1) is 16.5 Å². The van der Waals surface area contributed by atoms with E-state index in [1.54, 1.807) is 23.6 Å². The van der Waals surface area contributed by atoms with Gasteiger partial charge >= 0.3 is 5.97 Å². The predicted octanol–water partition coefficient (Wildman–Crippen LogP) is 2.64. The van der Waals surface area contributed by atoms with Crippen LogP contribution in [0.3, 0.4) is 0 Å². The summed E-state index contributed by atoms with van der Waals surface area (Å²) in [6, 6.07) is 11.1. The molecule has 116 valence electrons. The molecule has 1 amide bonds. The van der Waals surface area contributed by atoms with E-state index in [4.69, 9.17) is 10.00 Å². The first kappa shape index (κ1) is 16.4. The maximum atomic E-state index is 11.9. The molecule has 0 fully saturated rings. The van der Waals surface area contributed by atoms with Gasteiger partial charge < -0.3 is 10.1 Å². The normalized spacial score (nSPS) is 9.70. The average molecular weight is 328 g/mol.